The molecule has 0 N–H and O–H groups in total. The van der Waals surface area contributed by atoms with Crippen molar-refractivity contribution in [1.29, 1.82) is 0 Å². The van der Waals surface area contributed by atoms with Crippen LogP contribution < -0.4 is 0 Å². The first-order valence-corrected chi connectivity index (χ1v) is 4.70. The van der Waals surface area contributed by atoms with Crippen LogP contribution in [0.2, 0.25) is 5.02 Å². The summed E-state index contributed by atoms with van der Waals surface area (Å²) in [6.07, 6.45) is 0. The average Bonchev–Trinajstić information content (AvgIpc) is 1.85. The quantitative estimate of drug-likeness (QED) is 0.711. The van der Waals surface area contributed by atoms with E-state index in [1.54, 1.807) is 18.2 Å². The molecule has 0 unspecified atom stereocenters. The topological polar surface area (TPSA) is 34.1 Å². The minimum absolute atomic E-state index is 0.00981. The zero-order valence-electron chi connectivity index (χ0n) is 5.58. The van der Waals surface area contributed by atoms with Crippen molar-refractivity contribution in [2.75, 3.05) is 0 Å². The fraction of sp³-hybridized carbons (Fsp3) is 0.143. The molecule has 0 atom stereocenters. The molecule has 4 heteroatoms. The van der Waals surface area contributed by atoms with Crippen LogP contribution in [0.25, 0.3) is 0 Å². The average molecular weight is 190 g/mol. The van der Waals surface area contributed by atoms with Crippen LogP contribution in [0.5, 0.6) is 0 Å². The first-order valence-electron chi connectivity index (χ1n) is 2.96. The predicted octanol–water partition coefficient (Wildman–Crippen LogP) is 1.25. The lowest BCUT2D eigenvalue weighted by Crippen LogP contribution is -1.85. The van der Waals surface area contributed by atoms with Crippen molar-refractivity contribution in [1.82, 2.24) is 0 Å². The summed E-state index contributed by atoms with van der Waals surface area (Å²) in [5.74, 6) is 0.00981. The second-order valence-electron chi connectivity index (χ2n) is 2.02. The normalized spacial score (nSPS) is 10.4. The minimum Gasteiger partial charge on any atom is -0.232 e. The van der Waals surface area contributed by atoms with Crippen molar-refractivity contribution in [2.24, 2.45) is 0 Å². The van der Waals surface area contributed by atoms with Crippen LogP contribution in [0.1, 0.15) is 5.56 Å². The number of thiol groups is 1. The van der Waals surface area contributed by atoms with Gasteiger partial charge in [-0.25, -0.2) is 8.42 Å². The van der Waals surface area contributed by atoms with E-state index >= 15 is 0 Å². The van der Waals surface area contributed by atoms with E-state index in [1.807, 2.05) is 0 Å². The molecule has 0 aromatic heterocycles. The second kappa shape index (κ2) is 3.74. The van der Waals surface area contributed by atoms with Crippen molar-refractivity contribution in [3.8, 4) is 0 Å². The third kappa shape index (κ3) is 2.91. The van der Waals surface area contributed by atoms with E-state index in [4.69, 9.17) is 11.6 Å². The van der Waals surface area contributed by atoms with Crippen LogP contribution in [-0.2, 0) is 16.5 Å². The van der Waals surface area contributed by atoms with Gasteiger partial charge in [0.25, 0.3) is 0 Å². The van der Waals surface area contributed by atoms with Crippen LogP contribution in [0.4, 0.5) is 0 Å². The van der Waals surface area contributed by atoms with E-state index in [1.165, 1.54) is 0 Å². The molecular formula is C7H6ClO2S. The molecule has 0 heterocycles. The molecule has 0 aliphatic rings. The van der Waals surface area contributed by atoms with Gasteiger partial charge in [-0.1, -0.05) is 17.7 Å². The van der Waals surface area contributed by atoms with Gasteiger partial charge in [0.15, 0.2) is 0 Å². The Kier molecular flexibility index (Phi) is 2.91. The Balaban J connectivity index is 2.87. The molecule has 0 spiro atoms. The number of hydrogen-bond acceptors (Lipinski definition) is 2. The number of rotatable bonds is 2. The van der Waals surface area contributed by atoms with Gasteiger partial charge in [0.2, 0.25) is 0 Å². The molecule has 1 aromatic rings. The Morgan fingerprint density at radius 3 is 2.82 bits per heavy atom. The molecular weight excluding hydrogens is 184 g/mol. The van der Waals surface area contributed by atoms with E-state index in [0.29, 0.717) is 10.6 Å². The van der Waals surface area contributed by atoms with E-state index < -0.39 is 10.7 Å². The van der Waals surface area contributed by atoms with Crippen molar-refractivity contribution >= 4 is 22.3 Å². The van der Waals surface area contributed by atoms with Crippen molar-refractivity contribution in [2.45, 2.75) is 5.75 Å². The molecule has 0 fully saturated rings. The maximum Gasteiger partial charge on any atom is 0.144 e. The second-order valence-corrected chi connectivity index (χ2v) is 3.44. The van der Waals surface area contributed by atoms with E-state index in [-0.39, 0.29) is 5.75 Å². The molecule has 2 nitrogen and oxygen atoms in total. The Morgan fingerprint density at radius 1 is 1.55 bits per heavy atom. The zero-order valence-corrected chi connectivity index (χ0v) is 7.23. The third-order valence-corrected chi connectivity index (χ3v) is 1.96. The summed E-state index contributed by atoms with van der Waals surface area (Å²) in [5.41, 5.74) is 0.605. The smallest absolute Gasteiger partial charge is 0.144 e. The molecule has 11 heavy (non-hydrogen) atoms. The first-order chi connectivity index (χ1) is 5.18. The standard InChI is InChI=1S/C7H6ClO2S/c8-7-3-1-2-6(4-7)5-11(9)10/h1,3-4,11H,5H2. The maximum absolute atomic E-state index is 10.3. The van der Waals surface area contributed by atoms with Gasteiger partial charge in [-0.05, 0) is 23.8 Å². The minimum atomic E-state index is -2.38. The van der Waals surface area contributed by atoms with Crippen LogP contribution in [-0.4, -0.2) is 8.42 Å². The highest BCUT2D eigenvalue weighted by molar-refractivity contribution is 7.71. The third-order valence-electron chi connectivity index (χ3n) is 1.12. The summed E-state index contributed by atoms with van der Waals surface area (Å²) < 4.78 is 20.5. The Bertz CT molecular complexity index is 312. The summed E-state index contributed by atoms with van der Waals surface area (Å²) >= 11 is 5.61. The molecule has 0 saturated heterocycles. The van der Waals surface area contributed by atoms with E-state index in [0.717, 1.165) is 0 Å². The van der Waals surface area contributed by atoms with Crippen molar-refractivity contribution in [3.05, 3.63) is 34.9 Å². The van der Waals surface area contributed by atoms with E-state index in [2.05, 4.69) is 6.07 Å². The molecule has 1 rings (SSSR count). The summed E-state index contributed by atoms with van der Waals surface area (Å²) in [7, 11) is -2.38. The largest absolute Gasteiger partial charge is 0.232 e. The van der Waals surface area contributed by atoms with Crippen LogP contribution in [0, 0.1) is 6.07 Å². The van der Waals surface area contributed by atoms with E-state index in [9.17, 15) is 8.42 Å². The molecule has 1 radical (unpaired) electrons. The van der Waals surface area contributed by atoms with Gasteiger partial charge in [0.1, 0.15) is 10.7 Å². The van der Waals surface area contributed by atoms with Crippen molar-refractivity contribution in [3.63, 3.8) is 0 Å². The summed E-state index contributed by atoms with van der Waals surface area (Å²) in [6, 6.07) is 7.63. The molecule has 1 aromatic carbocycles. The van der Waals surface area contributed by atoms with Gasteiger partial charge >= 0.3 is 0 Å². The Hall–Kier alpha value is -0.540. The monoisotopic (exact) mass is 189 g/mol. The van der Waals surface area contributed by atoms with Crippen LogP contribution in [0.3, 0.4) is 0 Å². The summed E-state index contributed by atoms with van der Waals surface area (Å²) in [6.45, 7) is 0. The molecule has 0 saturated carbocycles. The lowest BCUT2D eigenvalue weighted by Gasteiger charge is -1.93. The van der Waals surface area contributed by atoms with Gasteiger partial charge in [0, 0.05) is 5.02 Å². The molecule has 59 valence electrons. The highest BCUT2D eigenvalue weighted by Gasteiger charge is 1.94. The number of hydrogen-bond donors (Lipinski definition) is 1. The summed E-state index contributed by atoms with van der Waals surface area (Å²) in [5, 5.41) is 0.538. The van der Waals surface area contributed by atoms with Gasteiger partial charge in [0.05, 0.1) is 5.75 Å². The highest BCUT2D eigenvalue weighted by Crippen LogP contribution is 2.10. The predicted molar refractivity (Wildman–Crippen MR) is 44.3 cm³/mol. The van der Waals surface area contributed by atoms with Gasteiger partial charge in [-0.2, -0.15) is 0 Å². The Morgan fingerprint density at radius 2 is 2.27 bits per heavy atom. The number of halogens is 1. The fourth-order valence-corrected chi connectivity index (χ4v) is 1.37. The van der Waals surface area contributed by atoms with Gasteiger partial charge in [-0.3, -0.25) is 0 Å². The number of benzene rings is 1. The van der Waals surface area contributed by atoms with Crippen molar-refractivity contribution < 1.29 is 8.42 Å². The van der Waals surface area contributed by atoms with Crippen LogP contribution in [0.15, 0.2) is 18.2 Å². The lowest BCUT2D eigenvalue weighted by atomic mass is 10.2. The zero-order chi connectivity index (χ0) is 8.27. The van der Waals surface area contributed by atoms with Gasteiger partial charge < -0.3 is 0 Å². The van der Waals surface area contributed by atoms with Gasteiger partial charge in [-0.15, -0.1) is 0 Å². The highest BCUT2D eigenvalue weighted by atomic mass is 35.5. The maximum atomic E-state index is 10.3. The lowest BCUT2D eigenvalue weighted by molar-refractivity contribution is 0.614. The van der Waals surface area contributed by atoms with Crippen LogP contribution >= 0.6 is 11.6 Å². The molecule has 0 aliphatic heterocycles. The molecule has 0 aliphatic carbocycles. The fourth-order valence-electron chi connectivity index (χ4n) is 0.715. The molecule has 0 bridgehead atoms. The summed E-state index contributed by atoms with van der Waals surface area (Å²) in [4.78, 5) is 0. The molecule has 0 amide bonds. The Labute approximate surface area is 71.8 Å². The first kappa shape index (κ1) is 8.56. The SMILES string of the molecule is O=[SH](=O)Cc1[c]ccc(Cl)c1.